The number of rotatable bonds is 0. The summed E-state index contributed by atoms with van der Waals surface area (Å²) in [5.41, 5.74) is 3.63. The van der Waals surface area contributed by atoms with Crippen LogP contribution < -0.4 is 4.74 Å². The third kappa shape index (κ3) is 1.20. The number of imidazole rings is 1. The van der Waals surface area contributed by atoms with Crippen LogP contribution in [0.1, 0.15) is 5.56 Å². The lowest BCUT2D eigenvalue weighted by molar-refractivity contribution is 0.265. The normalized spacial score (nSPS) is 12.9. The number of fused-ring (bicyclic) bond motifs is 5. The van der Waals surface area contributed by atoms with E-state index in [1.165, 1.54) is 12.1 Å². The molecule has 0 bridgehead atoms. The van der Waals surface area contributed by atoms with Crippen molar-refractivity contribution in [2.75, 3.05) is 0 Å². The molecule has 2 heterocycles. The molecule has 18 heavy (non-hydrogen) atoms. The molecular formula is C14H9FN2O. The van der Waals surface area contributed by atoms with Crippen LogP contribution in [0.2, 0.25) is 0 Å². The summed E-state index contributed by atoms with van der Waals surface area (Å²) < 4.78 is 20.7. The molecule has 1 aromatic heterocycles. The molecule has 4 heteroatoms. The maximum absolute atomic E-state index is 13.2. The van der Waals surface area contributed by atoms with Gasteiger partial charge in [-0.25, -0.2) is 4.39 Å². The van der Waals surface area contributed by atoms with Crippen molar-refractivity contribution in [3.8, 4) is 11.7 Å². The van der Waals surface area contributed by atoms with Crippen LogP contribution in [0.15, 0.2) is 42.5 Å². The van der Waals surface area contributed by atoms with Crippen LogP contribution in [0, 0.1) is 5.82 Å². The molecule has 0 saturated heterocycles. The molecule has 1 aliphatic rings. The molecule has 3 nitrogen and oxygen atoms in total. The van der Waals surface area contributed by atoms with E-state index in [2.05, 4.69) is 4.98 Å². The van der Waals surface area contributed by atoms with Crippen LogP contribution in [0.25, 0.3) is 16.7 Å². The standard InChI is InChI=1S/C14H9FN2O/c15-10-5-6-12-9(7-10)8-18-14-16-11-3-1-2-4-13(11)17(12)14/h1-7H,8H2. The van der Waals surface area contributed by atoms with Gasteiger partial charge in [0.2, 0.25) is 0 Å². The average Bonchev–Trinajstić information content (AvgIpc) is 2.77. The minimum absolute atomic E-state index is 0.245. The van der Waals surface area contributed by atoms with E-state index in [9.17, 15) is 4.39 Å². The molecule has 1 aliphatic heterocycles. The predicted molar refractivity (Wildman–Crippen MR) is 65.4 cm³/mol. The fraction of sp³-hybridized carbons (Fsp3) is 0.0714. The minimum atomic E-state index is -0.245. The third-order valence-electron chi connectivity index (χ3n) is 3.17. The third-order valence-corrected chi connectivity index (χ3v) is 3.17. The topological polar surface area (TPSA) is 27.1 Å². The molecule has 0 radical (unpaired) electrons. The zero-order valence-corrected chi connectivity index (χ0v) is 9.43. The second-order valence-electron chi connectivity index (χ2n) is 4.28. The summed E-state index contributed by atoms with van der Waals surface area (Å²) in [4.78, 5) is 4.42. The van der Waals surface area contributed by atoms with E-state index in [0.717, 1.165) is 22.3 Å². The van der Waals surface area contributed by atoms with Gasteiger partial charge in [-0.15, -0.1) is 0 Å². The summed E-state index contributed by atoms with van der Waals surface area (Å²) in [6.45, 7) is 0.358. The number of halogens is 1. The summed E-state index contributed by atoms with van der Waals surface area (Å²) in [6, 6.07) is 13.1. The average molecular weight is 240 g/mol. The molecule has 3 aromatic rings. The first-order valence-corrected chi connectivity index (χ1v) is 5.72. The van der Waals surface area contributed by atoms with E-state index in [1.807, 2.05) is 28.8 Å². The Kier molecular flexibility index (Phi) is 1.78. The number of hydrogen-bond acceptors (Lipinski definition) is 2. The minimum Gasteiger partial charge on any atom is -0.459 e. The number of ether oxygens (including phenoxy) is 1. The lowest BCUT2D eigenvalue weighted by Gasteiger charge is -2.19. The van der Waals surface area contributed by atoms with Crippen LogP contribution >= 0.6 is 0 Å². The highest BCUT2D eigenvalue weighted by Gasteiger charge is 2.21. The first-order valence-electron chi connectivity index (χ1n) is 5.72. The fourth-order valence-corrected chi connectivity index (χ4v) is 2.36. The van der Waals surface area contributed by atoms with Crippen LogP contribution in [0.3, 0.4) is 0 Å². The number of hydrogen-bond donors (Lipinski definition) is 0. The SMILES string of the molecule is Fc1ccc2c(c1)COc1nc3ccccc3n1-2. The summed E-state index contributed by atoms with van der Waals surface area (Å²) in [5.74, 6) is -0.245. The van der Waals surface area contributed by atoms with Crippen molar-refractivity contribution in [3.05, 3.63) is 53.8 Å². The van der Waals surface area contributed by atoms with Gasteiger partial charge in [-0.3, -0.25) is 4.57 Å². The Morgan fingerprint density at radius 1 is 1.17 bits per heavy atom. The Morgan fingerprint density at radius 2 is 2.06 bits per heavy atom. The maximum Gasteiger partial charge on any atom is 0.302 e. The van der Waals surface area contributed by atoms with Gasteiger partial charge in [-0.05, 0) is 30.3 Å². The van der Waals surface area contributed by atoms with Crippen LogP contribution in [-0.2, 0) is 6.61 Å². The van der Waals surface area contributed by atoms with Crippen LogP contribution in [0.5, 0.6) is 6.01 Å². The Balaban J connectivity index is 2.10. The summed E-state index contributed by atoms with van der Waals surface area (Å²) in [5, 5.41) is 0. The lowest BCUT2D eigenvalue weighted by atomic mass is 10.1. The molecule has 0 aliphatic carbocycles. The summed E-state index contributed by atoms with van der Waals surface area (Å²) >= 11 is 0. The van der Waals surface area contributed by atoms with E-state index in [-0.39, 0.29) is 5.82 Å². The van der Waals surface area contributed by atoms with E-state index in [0.29, 0.717) is 12.6 Å². The van der Waals surface area contributed by atoms with Crippen molar-refractivity contribution in [2.45, 2.75) is 6.61 Å². The molecule has 0 spiro atoms. The Hall–Kier alpha value is -2.36. The molecule has 0 atom stereocenters. The summed E-state index contributed by atoms with van der Waals surface area (Å²) in [6.07, 6.45) is 0. The van der Waals surface area contributed by atoms with Crippen molar-refractivity contribution < 1.29 is 9.13 Å². The van der Waals surface area contributed by atoms with Gasteiger partial charge < -0.3 is 4.74 Å². The second kappa shape index (κ2) is 3.32. The largest absolute Gasteiger partial charge is 0.459 e. The zero-order chi connectivity index (χ0) is 12.1. The molecule has 88 valence electrons. The van der Waals surface area contributed by atoms with Gasteiger partial charge in [0.15, 0.2) is 0 Å². The summed E-state index contributed by atoms with van der Waals surface area (Å²) in [7, 11) is 0. The Morgan fingerprint density at radius 3 is 3.00 bits per heavy atom. The molecule has 0 fully saturated rings. The van der Waals surface area contributed by atoms with E-state index < -0.39 is 0 Å². The Bertz CT molecular complexity index is 764. The molecule has 0 saturated carbocycles. The van der Waals surface area contributed by atoms with Crippen molar-refractivity contribution in [1.82, 2.24) is 9.55 Å². The molecular weight excluding hydrogens is 231 g/mol. The van der Waals surface area contributed by atoms with Crippen molar-refractivity contribution in [1.29, 1.82) is 0 Å². The van der Waals surface area contributed by atoms with Gasteiger partial charge in [-0.2, -0.15) is 4.98 Å². The molecule has 4 rings (SSSR count). The maximum atomic E-state index is 13.2. The molecule has 0 N–H and O–H groups in total. The zero-order valence-electron chi connectivity index (χ0n) is 9.43. The number of benzene rings is 2. The van der Waals surface area contributed by atoms with E-state index in [1.54, 1.807) is 6.07 Å². The molecule has 2 aromatic carbocycles. The van der Waals surface area contributed by atoms with Crippen LogP contribution in [-0.4, -0.2) is 9.55 Å². The van der Waals surface area contributed by atoms with Crippen molar-refractivity contribution in [3.63, 3.8) is 0 Å². The van der Waals surface area contributed by atoms with Gasteiger partial charge in [0, 0.05) is 5.56 Å². The Labute approximate surface area is 102 Å². The highest BCUT2D eigenvalue weighted by molar-refractivity contribution is 5.79. The first kappa shape index (κ1) is 9.65. The van der Waals surface area contributed by atoms with E-state index in [4.69, 9.17) is 4.74 Å². The number of aromatic nitrogens is 2. The quantitative estimate of drug-likeness (QED) is 0.604. The highest BCUT2D eigenvalue weighted by Crippen LogP contribution is 2.32. The molecule has 0 unspecified atom stereocenters. The highest BCUT2D eigenvalue weighted by atomic mass is 19.1. The number of para-hydroxylation sites is 2. The van der Waals surface area contributed by atoms with E-state index >= 15 is 0 Å². The van der Waals surface area contributed by atoms with Crippen molar-refractivity contribution >= 4 is 11.0 Å². The number of nitrogens with zero attached hydrogens (tertiary/aromatic N) is 2. The first-order chi connectivity index (χ1) is 8.83. The van der Waals surface area contributed by atoms with Gasteiger partial charge in [0.1, 0.15) is 12.4 Å². The second-order valence-corrected chi connectivity index (χ2v) is 4.28. The van der Waals surface area contributed by atoms with Gasteiger partial charge in [0.25, 0.3) is 0 Å². The lowest BCUT2D eigenvalue weighted by Crippen LogP contribution is -2.12. The van der Waals surface area contributed by atoms with Crippen molar-refractivity contribution in [2.24, 2.45) is 0 Å². The predicted octanol–water partition coefficient (Wildman–Crippen LogP) is 3.06. The van der Waals surface area contributed by atoms with Crippen LogP contribution in [0.4, 0.5) is 4.39 Å². The van der Waals surface area contributed by atoms with Gasteiger partial charge in [-0.1, -0.05) is 12.1 Å². The van der Waals surface area contributed by atoms with Gasteiger partial charge >= 0.3 is 6.01 Å². The smallest absolute Gasteiger partial charge is 0.302 e. The fourth-order valence-electron chi connectivity index (χ4n) is 2.36. The molecule has 0 amide bonds. The van der Waals surface area contributed by atoms with Gasteiger partial charge in [0.05, 0.1) is 16.7 Å². The monoisotopic (exact) mass is 240 g/mol.